The highest BCUT2D eigenvalue weighted by atomic mass is 32.1. The molecule has 1 heterocycles. The summed E-state index contributed by atoms with van der Waals surface area (Å²) in [5.74, 6) is 0. The molecule has 0 atom stereocenters. The molecule has 131 heavy (non-hydrogen) atoms. The molecule has 3 nitrogen and oxygen atoms in total. The van der Waals surface area contributed by atoms with Crippen molar-refractivity contribution in [2.24, 2.45) is 0 Å². The molecule has 0 fully saturated rings. The molecule has 4 heteroatoms. The molecule has 624 valence electrons. The van der Waals surface area contributed by atoms with Gasteiger partial charge in [0.25, 0.3) is 0 Å². The molecule has 22 aromatic rings. The number of hydrogen-bond donors (Lipinski definition) is 0. The Labute approximate surface area is 773 Å². The van der Waals surface area contributed by atoms with Gasteiger partial charge in [0.05, 0.1) is 0 Å². The summed E-state index contributed by atoms with van der Waals surface area (Å²) >= 11 is 1.85. The highest BCUT2D eigenvalue weighted by molar-refractivity contribution is 7.25. The summed E-state index contributed by atoms with van der Waals surface area (Å²) in [6, 6.07) is 197. The van der Waals surface area contributed by atoms with E-state index in [1.54, 1.807) is 0 Å². The maximum atomic E-state index is 2.36. The van der Waals surface area contributed by atoms with Gasteiger partial charge in [0.2, 0.25) is 0 Å². The molecular weight excluding hydrogens is 1600 g/mol. The van der Waals surface area contributed by atoms with Crippen molar-refractivity contribution in [2.45, 2.75) is 7.43 Å². The monoisotopic (exact) mass is 1690 g/mol. The first-order valence-electron chi connectivity index (χ1n) is 44.3. The number of rotatable bonds is 20. The molecule has 0 aliphatic rings. The van der Waals surface area contributed by atoms with Crippen molar-refractivity contribution in [1.29, 1.82) is 0 Å². The fourth-order valence-corrected chi connectivity index (χ4v) is 18.4. The van der Waals surface area contributed by atoms with E-state index in [0.29, 0.717) is 0 Å². The average molecular weight is 1700 g/mol. The van der Waals surface area contributed by atoms with Gasteiger partial charge in [0, 0.05) is 71.4 Å². The van der Waals surface area contributed by atoms with Crippen LogP contribution in [0.15, 0.2) is 552 Å². The normalized spacial score (nSPS) is 10.8. The number of nitrogens with zero attached hydrogens (tertiary/aromatic N) is 3. The van der Waals surface area contributed by atoms with Crippen molar-refractivity contribution >= 4 is 82.7 Å². The molecule has 0 N–H and O–H groups in total. The van der Waals surface area contributed by atoms with E-state index in [4.69, 9.17) is 0 Å². The minimum absolute atomic E-state index is 0. The highest BCUT2D eigenvalue weighted by Gasteiger charge is 2.20. The minimum Gasteiger partial charge on any atom is -0.311 e. The molecule has 0 aliphatic heterocycles. The first kappa shape index (κ1) is 83.8. The lowest BCUT2D eigenvalue weighted by atomic mass is 9.98. The van der Waals surface area contributed by atoms with Crippen LogP contribution >= 0.6 is 11.3 Å². The molecule has 0 aliphatic carbocycles. The van der Waals surface area contributed by atoms with E-state index in [1.165, 1.54) is 143 Å². The van der Waals surface area contributed by atoms with Gasteiger partial charge >= 0.3 is 0 Å². The first-order valence-corrected chi connectivity index (χ1v) is 45.1. The number of anilines is 9. The Balaban J connectivity index is 0.000000128. The van der Waals surface area contributed by atoms with Gasteiger partial charge in [-0.2, -0.15) is 0 Å². The van der Waals surface area contributed by atoms with Crippen LogP contribution in [0.1, 0.15) is 7.43 Å². The maximum absolute atomic E-state index is 2.36. The Morgan fingerprint density at radius 2 is 0.260 bits per heavy atom. The molecule has 0 saturated heterocycles. The average Bonchev–Trinajstić information content (AvgIpc) is 1.78. The molecule has 21 aromatic carbocycles. The Morgan fingerprint density at radius 1 is 0.107 bits per heavy atom. The van der Waals surface area contributed by atoms with E-state index in [0.717, 1.165) is 51.2 Å². The van der Waals surface area contributed by atoms with Crippen molar-refractivity contribution in [3.63, 3.8) is 0 Å². The van der Waals surface area contributed by atoms with Crippen LogP contribution in [0, 0.1) is 0 Å². The molecule has 0 radical (unpaired) electrons. The fraction of sp³-hybridized carbons (Fsp3) is 0.00787. The second-order valence-electron chi connectivity index (χ2n) is 32.3. The van der Waals surface area contributed by atoms with E-state index >= 15 is 0 Å². The predicted molar refractivity (Wildman–Crippen MR) is 563 cm³/mol. The van der Waals surface area contributed by atoms with Crippen LogP contribution in [0.25, 0.3) is 143 Å². The number of hydrogen-bond acceptors (Lipinski definition) is 4. The Morgan fingerprint density at radius 3 is 0.481 bits per heavy atom. The third-order valence-electron chi connectivity index (χ3n) is 24.1. The van der Waals surface area contributed by atoms with Gasteiger partial charge in [-0.1, -0.05) is 420 Å². The van der Waals surface area contributed by atoms with Gasteiger partial charge in [0.1, 0.15) is 0 Å². The van der Waals surface area contributed by atoms with Crippen LogP contribution in [-0.4, -0.2) is 0 Å². The lowest BCUT2D eigenvalue weighted by Gasteiger charge is -2.26. The van der Waals surface area contributed by atoms with Gasteiger partial charge in [-0.25, -0.2) is 0 Å². The van der Waals surface area contributed by atoms with Crippen LogP contribution in [0.2, 0.25) is 0 Å². The number of fused-ring (bicyclic) bond motifs is 3. The largest absolute Gasteiger partial charge is 0.311 e. The van der Waals surface area contributed by atoms with E-state index in [-0.39, 0.29) is 7.43 Å². The summed E-state index contributed by atoms with van der Waals surface area (Å²) in [4.78, 5) is 7.02. The van der Waals surface area contributed by atoms with Gasteiger partial charge in [-0.15, -0.1) is 11.3 Å². The van der Waals surface area contributed by atoms with Crippen LogP contribution in [0.3, 0.4) is 0 Å². The number of benzene rings is 21. The molecule has 0 amide bonds. The SMILES string of the molecule is C.c1ccc(-c2ccc(N(c3ccc(-c4cccc(-c5ccccc5)c4)cc3)c3ccc(-c4cccc(-c5ccccc5)c4)cc3)cc2)cc1.c1ccc(-c2ccc(N(c3ccc(-c4ccccc4)cc3)c3ccc(-c4cccc(-c5ccccc5)c4)cc3)cc2)cc1.c1ccc(-c2ccc(N(c3ccc(-c4ccccc4)cc3)c3ccc4sc5ccccc5c4c3)cc2)cc1. The minimum atomic E-state index is 0. The lowest BCUT2D eigenvalue weighted by molar-refractivity contribution is 1.28. The van der Waals surface area contributed by atoms with Crippen LogP contribution < -0.4 is 14.7 Å². The molecule has 0 bridgehead atoms. The summed E-state index contributed by atoms with van der Waals surface area (Å²) < 4.78 is 2.64. The topological polar surface area (TPSA) is 9.72 Å². The second kappa shape index (κ2) is 39.8. The second-order valence-corrected chi connectivity index (χ2v) is 33.4. The summed E-state index contributed by atoms with van der Waals surface area (Å²) in [6.07, 6.45) is 0. The van der Waals surface area contributed by atoms with Crippen LogP contribution in [0.5, 0.6) is 0 Å². The van der Waals surface area contributed by atoms with Crippen molar-refractivity contribution in [1.82, 2.24) is 0 Å². The van der Waals surface area contributed by atoms with E-state index < -0.39 is 0 Å². The lowest BCUT2D eigenvalue weighted by Crippen LogP contribution is -2.09. The quantitative estimate of drug-likeness (QED) is 0.0753. The number of thiophene rings is 1. The van der Waals surface area contributed by atoms with Gasteiger partial charge in [-0.3, -0.25) is 0 Å². The van der Waals surface area contributed by atoms with Crippen molar-refractivity contribution in [3.8, 4) is 122 Å². The third-order valence-corrected chi connectivity index (χ3v) is 25.2. The van der Waals surface area contributed by atoms with Crippen LogP contribution in [-0.2, 0) is 0 Å². The van der Waals surface area contributed by atoms with Gasteiger partial charge < -0.3 is 14.7 Å². The molecule has 0 saturated carbocycles. The van der Waals surface area contributed by atoms with Gasteiger partial charge in [-0.05, 0) is 262 Å². The predicted octanol–water partition coefficient (Wildman–Crippen LogP) is 36.8. The van der Waals surface area contributed by atoms with Crippen LogP contribution in [0.4, 0.5) is 51.2 Å². The zero-order chi connectivity index (χ0) is 87.0. The summed E-state index contributed by atoms with van der Waals surface area (Å²) in [5, 5.41) is 2.61. The van der Waals surface area contributed by atoms with Crippen molar-refractivity contribution < 1.29 is 0 Å². The first-order chi connectivity index (χ1) is 64.4. The van der Waals surface area contributed by atoms with E-state index in [1.807, 2.05) is 11.3 Å². The molecule has 0 spiro atoms. The molecule has 22 rings (SSSR count). The Hall–Kier alpha value is -16.8. The Kier molecular flexibility index (Phi) is 25.5. The fourth-order valence-electron chi connectivity index (χ4n) is 17.3. The zero-order valence-corrected chi connectivity index (χ0v) is 72.6. The standard InChI is InChI=1S/C48H35N.C42H31N.C36H25NS.CH4/c1-4-12-36(13-5-1)39-22-28-46(29-23-39)49(47-30-24-40(25-31-47)44-20-10-18-42(34-44)37-14-6-2-7-15-37)48-32-26-41(27-33-48)45-21-11-19-43(35-45)38-16-8-3-9-17-38;1-4-11-32(12-5-1)35-19-25-40(26-20-35)43(41-27-21-36(22-28-41)33-13-6-2-7-14-33)42-29-23-37(24-30-42)39-18-10-17-38(31-39)34-15-8-3-9-16-34;1-3-9-26(10-4-1)28-15-19-30(20-16-28)37(31-21-17-29(18-22-31)27-11-5-2-6-12-27)32-23-24-36-34(25-32)33-13-7-8-14-35(33)38-36;/h1-35H;1-31H;1-25H;1H4. The Bertz CT molecular complexity index is 7160. The zero-order valence-electron chi connectivity index (χ0n) is 71.8. The molecule has 1 aromatic heterocycles. The van der Waals surface area contributed by atoms with Crippen molar-refractivity contribution in [3.05, 3.63) is 552 Å². The van der Waals surface area contributed by atoms with Crippen molar-refractivity contribution in [2.75, 3.05) is 14.7 Å². The molecular formula is C127H95N3S. The molecule has 0 unspecified atom stereocenters. The van der Waals surface area contributed by atoms with Gasteiger partial charge in [0.15, 0.2) is 0 Å². The summed E-state index contributed by atoms with van der Waals surface area (Å²) in [7, 11) is 0. The van der Waals surface area contributed by atoms with E-state index in [2.05, 4.69) is 567 Å². The highest BCUT2D eigenvalue weighted by Crippen LogP contribution is 2.45. The smallest absolute Gasteiger partial charge is 0.0468 e. The van der Waals surface area contributed by atoms with E-state index in [9.17, 15) is 0 Å². The third kappa shape index (κ3) is 19.3. The summed E-state index contributed by atoms with van der Waals surface area (Å²) in [6.45, 7) is 0. The summed E-state index contributed by atoms with van der Waals surface area (Å²) in [5.41, 5.74) is 36.8. The maximum Gasteiger partial charge on any atom is 0.0468 e.